The molecule has 4 rings (SSSR count). The maximum atomic E-state index is 6.10. The summed E-state index contributed by atoms with van der Waals surface area (Å²) in [5.74, 6) is 2.41. The standard InChI is InChI=1S/C18H21ClN6OS/c1-13-3-5-14(6-4-13)25-17(24-7-9-26-10-8-24)21-22-18(25)27-12-16-20-11-15(19)23(16)2/h3-6,11H,7-10,12H2,1-2H3. The van der Waals surface area contributed by atoms with E-state index in [1.54, 1.807) is 18.0 Å². The number of hydrogen-bond acceptors (Lipinski definition) is 6. The molecule has 1 saturated heterocycles. The molecule has 1 aromatic carbocycles. The van der Waals surface area contributed by atoms with E-state index in [1.165, 1.54) is 5.56 Å². The summed E-state index contributed by atoms with van der Waals surface area (Å²) < 4.78 is 9.47. The smallest absolute Gasteiger partial charge is 0.232 e. The number of thioether (sulfide) groups is 1. The van der Waals surface area contributed by atoms with E-state index in [4.69, 9.17) is 16.3 Å². The predicted octanol–water partition coefficient (Wildman–Crippen LogP) is 3.09. The zero-order valence-corrected chi connectivity index (χ0v) is 16.9. The molecule has 142 valence electrons. The number of ether oxygens (including phenoxy) is 1. The molecular formula is C18H21ClN6OS. The molecule has 0 aliphatic carbocycles. The van der Waals surface area contributed by atoms with Gasteiger partial charge in [0, 0.05) is 20.1 Å². The second-order valence-electron chi connectivity index (χ2n) is 6.40. The summed E-state index contributed by atoms with van der Waals surface area (Å²) >= 11 is 7.70. The van der Waals surface area contributed by atoms with Crippen LogP contribution in [0.2, 0.25) is 5.15 Å². The summed E-state index contributed by atoms with van der Waals surface area (Å²) in [7, 11) is 1.91. The minimum Gasteiger partial charge on any atom is -0.378 e. The van der Waals surface area contributed by atoms with Gasteiger partial charge in [-0.25, -0.2) is 4.98 Å². The minimum atomic E-state index is 0.625. The number of anilines is 1. The molecule has 0 unspecified atom stereocenters. The van der Waals surface area contributed by atoms with Crippen molar-refractivity contribution in [2.75, 3.05) is 31.2 Å². The minimum absolute atomic E-state index is 0.625. The fraction of sp³-hybridized carbons (Fsp3) is 0.389. The molecule has 9 heteroatoms. The molecular weight excluding hydrogens is 384 g/mol. The third kappa shape index (κ3) is 3.83. The van der Waals surface area contributed by atoms with Crippen molar-refractivity contribution in [2.24, 2.45) is 7.05 Å². The van der Waals surface area contributed by atoms with Gasteiger partial charge >= 0.3 is 0 Å². The van der Waals surface area contributed by atoms with Gasteiger partial charge in [0.15, 0.2) is 5.16 Å². The van der Waals surface area contributed by atoms with Gasteiger partial charge in [0.1, 0.15) is 11.0 Å². The normalized spacial score (nSPS) is 14.7. The molecule has 1 aliphatic heterocycles. The van der Waals surface area contributed by atoms with Crippen LogP contribution >= 0.6 is 23.4 Å². The Hall–Kier alpha value is -2.03. The van der Waals surface area contributed by atoms with Gasteiger partial charge in [0.25, 0.3) is 0 Å². The van der Waals surface area contributed by atoms with Crippen molar-refractivity contribution < 1.29 is 4.74 Å². The third-order valence-corrected chi connectivity index (χ3v) is 5.84. The molecule has 3 aromatic rings. The maximum absolute atomic E-state index is 6.10. The summed E-state index contributed by atoms with van der Waals surface area (Å²) in [5.41, 5.74) is 2.27. The topological polar surface area (TPSA) is 61.0 Å². The molecule has 0 saturated carbocycles. The first-order valence-electron chi connectivity index (χ1n) is 8.77. The van der Waals surface area contributed by atoms with Crippen LogP contribution in [0.4, 0.5) is 5.95 Å². The quantitative estimate of drug-likeness (QED) is 0.609. The Morgan fingerprint density at radius 2 is 1.89 bits per heavy atom. The van der Waals surface area contributed by atoms with Gasteiger partial charge in [-0.3, -0.25) is 4.57 Å². The van der Waals surface area contributed by atoms with Crippen LogP contribution in [-0.4, -0.2) is 50.6 Å². The number of nitrogens with zero attached hydrogens (tertiary/aromatic N) is 6. The Morgan fingerprint density at radius 3 is 2.56 bits per heavy atom. The average molecular weight is 405 g/mol. The van der Waals surface area contributed by atoms with Crippen LogP contribution in [0.15, 0.2) is 35.6 Å². The van der Waals surface area contributed by atoms with E-state index in [1.807, 2.05) is 11.6 Å². The summed E-state index contributed by atoms with van der Waals surface area (Å²) in [6.45, 7) is 5.11. The lowest BCUT2D eigenvalue weighted by Gasteiger charge is -2.28. The molecule has 0 N–H and O–H groups in total. The lowest BCUT2D eigenvalue weighted by atomic mass is 10.2. The first-order valence-corrected chi connectivity index (χ1v) is 10.1. The summed E-state index contributed by atoms with van der Waals surface area (Å²) in [4.78, 5) is 6.59. The Kier molecular flexibility index (Phi) is 5.38. The molecule has 27 heavy (non-hydrogen) atoms. The molecule has 2 aromatic heterocycles. The second kappa shape index (κ2) is 7.92. The highest BCUT2D eigenvalue weighted by molar-refractivity contribution is 7.98. The first kappa shape index (κ1) is 18.3. The number of benzene rings is 1. The number of aryl methyl sites for hydroxylation is 1. The van der Waals surface area contributed by atoms with Gasteiger partial charge in [-0.2, -0.15) is 0 Å². The number of halogens is 1. The van der Waals surface area contributed by atoms with Crippen LogP contribution in [-0.2, 0) is 17.5 Å². The number of hydrogen-bond donors (Lipinski definition) is 0. The highest BCUT2D eigenvalue weighted by Crippen LogP contribution is 2.29. The molecule has 7 nitrogen and oxygen atoms in total. The predicted molar refractivity (Wildman–Crippen MR) is 107 cm³/mol. The van der Waals surface area contributed by atoms with Gasteiger partial charge in [0.2, 0.25) is 5.95 Å². The van der Waals surface area contributed by atoms with Crippen molar-refractivity contribution in [3.63, 3.8) is 0 Å². The van der Waals surface area contributed by atoms with E-state index < -0.39 is 0 Å². The lowest BCUT2D eigenvalue weighted by molar-refractivity contribution is 0.122. The van der Waals surface area contributed by atoms with Gasteiger partial charge < -0.3 is 14.2 Å². The summed E-state index contributed by atoms with van der Waals surface area (Å²) in [6.07, 6.45) is 1.67. The Balaban J connectivity index is 1.66. The Bertz CT molecular complexity index is 917. The fourth-order valence-electron chi connectivity index (χ4n) is 2.93. The highest BCUT2D eigenvalue weighted by atomic mass is 35.5. The van der Waals surface area contributed by atoms with E-state index in [0.29, 0.717) is 24.1 Å². The average Bonchev–Trinajstić information content (AvgIpc) is 3.25. The summed E-state index contributed by atoms with van der Waals surface area (Å²) in [6, 6.07) is 8.41. The van der Waals surface area contributed by atoms with Gasteiger partial charge in [0.05, 0.1) is 30.9 Å². The molecule has 3 heterocycles. The molecule has 0 radical (unpaired) electrons. The summed E-state index contributed by atoms with van der Waals surface area (Å²) in [5, 5.41) is 10.4. The zero-order valence-electron chi connectivity index (χ0n) is 15.3. The van der Waals surface area contributed by atoms with Crippen molar-refractivity contribution in [2.45, 2.75) is 17.8 Å². The Morgan fingerprint density at radius 1 is 1.15 bits per heavy atom. The molecule has 0 atom stereocenters. The van der Waals surface area contributed by atoms with Crippen molar-refractivity contribution >= 4 is 29.3 Å². The zero-order chi connectivity index (χ0) is 18.8. The lowest BCUT2D eigenvalue weighted by Crippen LogP contribution is -2.37. The Labute approximate surface area is 167 Å². The van der Waals surface area contributed by atoms with E-state index in [2.05, 4.69) is 55.8 Å². The molecule has 1 aliphatic rings. The largest absolute Gasteiger partial charge is 0.378 e. The van der Waals surface area contributed by atoms with Crippen molar-refractivity contribution in [3.8, 4) is 5.69 Å². The van der Waals surface area contributed by atoms with Gasteiger partial charge in [-0.1, -0.05) is 41.1 Å². The third-order valence-electron chi connectivity index (χ3n) is 4.56. The second-order valence-corrected chi connectivity index (χ2v) is 7.73. The monoisotopic (exact) mass is 404 g/mol. The molecule has 1 fully saturated rings. The van der Waals surface area contributed by atoms with Crippen LogP contribution in [0.1, 0.15) is 11.4 Å². The number of aromatic nitrogens is 5. The van der Waals surface area contributed by atoms with Crippen molar-refractivity contribution in [1.82, 2.24) is 24.3 Å². The fourth-order valence-corrected chi connectivity index (χ4v) is 4.02. The number of rotatable bonds is 5. The van der Waals surface area contributed by atoms with Crippen molar-refractivity contribution in [3.05, 3.63) is 47.0 Å². The highest BCUT2D eigenvalue weighted by Gasteiger charge is 2.22. The molecule has 0 amide bonds. The van der Waals surface area contributed by atoms with E-state index in [9.17, 15) is 0 Å². The van der Waals surface area contributed by atoms with Gasteiger partial charge in [-0.05, 0) is 19.1 Å². The van der Waals surface area contributed by atoms with E-state index >= 15 is 0 Å². The van der Waals surface area contributed by atoms with Crippen LogP contribution in [0.5, 0.6) is 0 Å². The van der Waals surface area contributed by atoms with E-state index in [-0.39, 0.29) is 0 Å². The van der Waals surface area contributed by atoms with Crippen LogP contribution in [0.25, 0.3) is 5.69 Å². The van der Waals surface area contributed by atoms with Crippen LogP contribution in [0.3, 0.4) is 0 Å². The molecule has 0 spiro atoms. The molecule has 0 bridgehead atoms. The van der Waals surface area contributed by atoms with Crippen LogP contribution in [0, 0.1) is 6.92 Å². The number of morpholine rings is 1. The number of imidazole rings is 1. The van der Waals surface area contributed by atoms with Gasteiger partial charge in [-0.15, -0.1) is 10.2 Å². The maximum Gasteiger partial charge on any atom is 0.232 e. The van der Waals surface area contributed by atoms with E-state index in [0.717, 1.165) is 35.7 Å². The van der Waals surface area contributed by atoms with Crippen LogP contribution < -0.4 is 4.90 Å². The van der Waals surface area contributed by atoms with Crippen molar-refractivity contribution in [1.29, 1.82) is 0 Å². The SMILES string of the molecule is Cc1ccc(-n2c(SCc3ncc(Cl)n3C)nnc2N2CCOCC2)cc1. The first-order chi connectivity index (χ1) is 13.1.